The third-order valence-corrected chi connectivity index (χ3v) is 1.97. The largest absolute Gasteiger partial charge is 0.475 e. The predicted octanol–water partition coefficient (Wildman–Crippen LogP) is 1.97. The Hall–Kier alpha value is -1.61. The fourth-order valence-electron chi connectivity index (χ4n) is 1.19. The quantitative estimate of drug-likeness (QED) is 0.491. The molecule has 0 fully saturated rings. The minimum absolute atomic E-state index is 0.0651. The Kier molecular flexibility index (Phi) is 5.12. The molecule has 0 atom stereocenters. The molecule has 6 nitrogen and oxygen atoms in total. The van der Waals surface area contributed by atoms with Crippen molar-refractivity contribution in [2.75, 3.05) is 18.6 Å². The molecule has 0 aliphatic carbocycles. The van der Waals surface area contributed by atoms with Crippen LogP contribution in [0.1, 0.15) is 26.6 Å². The number of rotatable bonds is 5. The number of nitrogens with one attached hydrogen (secondary N) is 1. The van der Waals surface area contributed by atoms with Gasteiger partial charge in [0.05, 0.1) is 12.2 Å². The Bertz CT molecular complexity index is 446. The van der Waals surface area contributed by atoms with E-state index in [4.69, 9.17) is 15.3 Å². The van der Waals surface area contributed by atoms with Crippen LogP contribution in [-0.2, 0) is 10.9 Å². The number of alkyl halides is 3. The van der Waals surface area contributed by atoms with Crippen molar-refractivity contribution in [3.05, 3.63) is 11.9 Å². The smallest absolute Gasteiger partial charge is 0.451 e. The second-order valence-electron chi connectivity index (χ2n) is 4.87. The minimum atomic E-state index is -4.67. The highest BCUT2D eigenvalue weighted by Crippen LogP contribution is 2.28. The molecule has 0 amide bonds. The molecule has 1 rings (SSSR count). The van der Waals surface area contributed by atoms with Gasteiger partial charge >= 0.3 is 6.18 Å². The van der Waals surface area contributed by atoms with Gasteiger partial charge < -0.3 is 14.9 Å². The molecule has 0 aliphatic rings. The maximum absolute atomic E-state index is 12.6. The summed E-state index contributed by atoms with van der Waals surface area (Å²) in [6.07, 6.45) is -4.67. The molecule has 20 heavy (non-hydrogen) atoms. The van der Waals surface area contributed by atoms with Crippen molar-refractivity contribution in [3.8, 4) is 5.88 Å². The first-order valence-electron chi connectivity index (χ1n) is 5.81. The predicted molar refractivity (Wildman–Crippen MR) is 66.0 cm³/mol. The highest BCUT2D eigenvalue weighted by Gasteiger charge is 2.35. The molecule has 0 spiro atoms. The number of anilines is 1. The van der Waals surface area contributed by atoms with E-state index >= 15 is 0 Å². The van der Waals surface area contributed by atoms with Crippen LogP contribution in [0.25, 0.3) is 0 Å². The van der Waals surface area contributed by atoms with Crippen LogP contribution in [0.15, 0.2) is 6.07 Å². The molecule has 0 aliphatic heterocycles. The van der Waals surface area contributed by atoms with Gasteiger partial charge in [0.2, 0.25) is 11.7 Å². The lowest BCUT2D eigenvalue weighted by molar-refractivity contribution is -0.145. The van der Waals surface area contributed by atoms with Gasteiger partial charge in [0, 0.05) is 6.07 Å². The van der Waals surface area contributed by atoms with Crippen LogP contribution in [-0.4, -0.2) is 28.8 Å². The van der Waals surface area contributed by atoms with E-state index in [-0.39, 0.29) is 30.5 Å². The van der Waals surface area contributed by atoms with Crippen LogP contribution in [0.5, 0.6) is 5.88 Å². The summed E-state index contributed by atoms with van der Waals surface area (Å²) in [5, 5.41) is 0. The first-order valence-corrected chi connectivity index (χ1v) is 5.81. The summed E-state index contributed by atoms with van der Waals surface area (Å²) in [4.78, 5) is 6.48. The summed E-state index contributed by atoms with van der Waals surface area (Å²) in [5.74, 6) is 3.33. The van der Waals surface area contributed by atoms with Crippen LogP contribution >= 0.6 is 0 Å². The normalized spacial score (nSPS) is 12.3. The lowest BCUT2D eigenvalue weighted by atomic mass is 10.2. The summed E-state index contributed by atoms with van der Waals surface area (Å²) < 4.78 is 48.1. The van der Waals surface area contributed by atoms with Gasteiger partial charge in [-0.25, -0.2) is 10.8 Å². The van der Waals surface area contributed by atoms with Crippen molar-refractivity contribution in [1.29, 1.82) is 0 Å². The first kappa shape index (κ1) is 16.4. The highest BCUT2D eigenvalue weighted by atomic mass is 19.4. The standard InChI is InChI=1S/C11H17F3N4O2/c1-10(2,3)20-5-4-19-8-6-7(18-15)16-9(17-8)11(12,13)14/h6H,4-5,15H2,1-3H3,(H,16,17,18). The van der Waals surface area contributed by atoms with Crippen molar-refractivity contribution in [1.82, 2.24) is 9.97 Å². The Balaban J connectivity index is 2.70. The van der Waals surface area contributed by atoms with Crippen molar-refractivity contribution < 1.29 is 22.6 Å². The second kappa shape index (κ2) is 6.23. The van der Waals surface area contributed by atoms with E-state index in [0.29, 0.717) is 0 Å². The summed E-state index contributed by atoms with van der Waals surface area (Å²) in [5.41, 5.74) is 1.68. The van der Waals surface area contributed by atoms with E-state index in [9.17, 15) is 13.2 Å². The number of nitrogen functional groups attached to an aromatic ring is 1. The maximum Gasteiger partial charge on any atom is 0.451 e. The van der Waals surface area contributed by atoms with Crippen LogP contribution in [0, 0.1) is 0 Å². The lowest BCUT2D eigenvalue weighted by Crippen LogP contribution is -2.23. The average molecular weight is 294 g/mol. The van der Waals surface area contributed by atoms with E-state index in [1.165, 1.54) is 6.07 Å². The molecule has 1 heterocycles. The van der Waals surface area contributed by atoms with E-state index in [0.717, 1.165) is 0 Å². The monoisotopic (exact) mass is 294 g/mol. The maximum atomic E-state index is 12.6. The number of nitrogens with two attached hydrogens (primary N) is 1. The highest BCUT2D eigenvalue weighted by molar-refractivity contribution is 5.37. The Morgan fingerprint density at radius 1 is 1.20 bits per heavy atom. The summed E-state index contributed by atoms with van der Waals surface area (Å²) in [7, 11) is 0. The van der Waals surface area contributed by atoms with Crippen LogP contribution < -0.4 is 16.0 Å². The Morgan fingerprint density at radius 2 is 1.85 bits per heavy atom. The van der Waals surface area contributed by atoms with E-state index < -0.39 is 12.0 Å². The zero-order valence-electron chi connectivity index (χ0n) is 11.4. The molecule has 3 N–H and O–H groups in total. The molecule has 0 radical (unpaired) electrons. The van der Waals surface area contributed by atoms with Gasteiger partial charge in [0.1, 0.15) is 12.4 Å². The van der Waals surface area contributed by atoms with Crippen molar-refractivity contribution in [3.63, 3.8) is 0 Å². The van der Waals surface area contributed by atoms with Gasteiger partial charge in [-0.3, -0.25) is 0 Å². The van der Waals surface area contributed by atoms with Crippen molar-refractivity contribution in [2.24, 2.45) is 5.84 Å². The molecular weight excluding hydrogens is 277 g/mol. The number of halogens is 3. The van der Waals surface area contributed by atoms with Crippen LogP contribution in [0.3, 0.4) is 0 Å². The average Bonchev–Trinajstić information content (AvgIpc) is 2.32. The SMILES string of the molecule is CC(C)(C)OCCOc1cc(NN)nc(C(F)(F)F)n1. The molecule has 114 valence electrons. The minimum Gasteiger partial charge on any atom is -0.475 e. The van der Waals surface area contributed by atoms with Gasteiger partial charge in [-0.1, -0.05) is 0 Å². The Morgan fingerprint density at radius 3 is 2.35 bits per heavy atom. The Labute approximate surface area is 114 Å². The van der Waals surface area contributed by atoms with Gasteiger partial charge in [0.15, 0.2) is 0 Å². The number of nitrogens with zero attached hydrogens (tertiary/aromatic N) is 2. The zero-order valence-corrected chi connectivity index (χ0v) is 11.4. The number of hydrogen-bond donors (Lipinski definition) is 2. The van der Waals surface area contributed by atoms with Crippen molar-refractivity contribution in [2.45, 2.75) is 32.5 Å². The molecule has 0 aromatic carbocycles. The van der Waals surface area contributed by atoms with E-state index in [1.807, 2.05) is 26.2 Å². The van der Waals surface area contributed by atoms with Gasteiger partial charge in [-0.15, -0.1) is 0 Å². The van der Waals surface area contributed by atoms with Crippen molar-refractivity contribution >= 4 is 5.82 Å². The summed E-state index contributed by atoms with van der Waals surface area (Å²) in [6.45, 7) is 5.86. The van der Waals surface area contributed by atoms with E-state index in [2.05, 4.69) is 9.97 Å². The van der Waals surface area contributed by atoms with Gasteiger partial charge in [-0.2, -0.15) is 18.2 Å². The van der Waals surface area contributed by atoms with Gasteiger partial charge in [-0.05, 0) is 20.8 Å². The van der Waals surface area contributed by atoms with Crippen LogP contribution in [0.4, 0.5) is 19.0 Å². The fourth-order valence-corrected chi connectivity index (χ4v) is 1.19. The van der Waals surface area contributed by atoms with Crippen LogP contribution in [0.2, 0.25) is 0 Å². The third-order valence-electron chi connectivity index (χ3n) is 1.97. The molecular formula is C11H17F3N4O2. The number of hydrogen-bond acceptors (Lipinski definition) is 6. The lowest BCUT2D eigenvalue weighted by Gasteiger charge is -2.19. The molecule has 0 unspecified atom stereocenters. The molecule has 1 aromatic rings. The third kappa shape index (κ3) is 5.57. The topological polar surface area (TPSA) is 82.3 Å². The molecule has 0 saturated heterocycles. The zero-order chi connectivity index (χ0) is 15.4. The second-order valence-corrected chi connectivity index (χ2v) is 4.87. The fraction of sp³-hybridized carbons (Fsp3) is 0.636. The molecule has 0 bridgehead atoms. The summed E-state index contributed by atoms with van der Waals surface area (Å²) in [6, 6.07) is 1.17. The molecule has 0 saturated carbocycles. The number of hydrazine groups is 1. The summed E-state index contributed by atoms with van der Waals surface area (Å²) >= 11 is 0. The number of ether oxygens (including phenoxy) is 2. The number of aromatic nitrogens is 2. The van der Waals surface area contributed by atoms with E-state index in [1.54, 1.807) is 0 Å². The molecule has 1 aromatic heterocycles. The first-order chi connectivity index (χ1) is 9.12. The van der Waals surface area contributed by atoms with Gasteiger partial charge in [0.25, 0.3) is 0 Å². The molecule has 9 heteroatoms.